The highest BCUT2D eigenvalue weighted by Crippen LogP contribution is 2.25. The molecule has 0 aliphatic carbocycles. The van der Waals surface area contributed by atoms with E-state index in [2.05, 4.69) is 9.74 Å². The van der Waals surface area contributed by atoms with E-state index in [9.17, 15) is 32.8 Å². The molecule has 1 fully saturated rings. The number of alkyl halides is 3. The first-order chi connectivity index (χ1) is 14.6. The van der Waals surface area contributed by atoms with Crippen LogP contribution in [-0.4, -0.2) is 69.4 Å². The minimum atomic E-state index is -5.35. The zero-order valence-electron chi connectivity index (χ0n) is 18.6. The Morgan fingerprint density at radius 3 is 2.00 bits per heavy atom. The number of rotatable bonds is 3. The molecule has 1 aliphatic rings. The van der Waals surface area contributed by atoms with Gasteiger partial charge in [0.15, 0.2) is 0 Å². The molecule has 2 rings (SSSR count). The van der Waals surface area contributed by atoms with Gasteiger partial charge in [0.2, 0.25) is 5.91 Å². The van der Waals surface area contributed by atoms with Gasteiger partial charge in [-0.15, -0.1) is 0 Å². The Labute approximate surface area is 184 Å². The Hall–Kier alpha value is -2.66. The monoisotopic (exact) mass is 459 g/mol. The van der Waals surface area contributed by atoms with E-state index in [1.807, 2.05) is 39.5 Å². The molecule has 0 radical (unpaired) electrons. The Morgan fingerprint density at radius 1 is 1.06 bits per heavy atom. The van der Waals surface area contributed by atoms with E-state index in [1.165, 1.54) is 12.1 Å². The van der Waals surface area contributed by atoms with E-state index in [0.29, 0.717) is 19.6 Å². The maximum atomic E-state index is 12.7. The normalized spacial score (nSPS) is 20.1. The first-order valence-corrected chi connectivity index (χ1v) is 10.1. The Morgan fingerprint density at radius 2 is 1.56 bits per heavy atom. The van der Waals surface area contributed by atoms with Crippen molar-refractivity contribution in [3.05, 3.63) is 35.4 Å². The van der Waals surface area contributed by atoms with Crippen molar-refractivity contribution in [3.8, 4) is 0 Å². The molecule has 8 nitrogen and oxygen atoms in total. The molecule has 0 saturated carbocycles. The van der Waals surface area contributed by atoms with Crippen molar-refractivity contribution in [2.45, 2.75) is 59.4 Å². The molecule has 2 amide bonds. The molecule has 178 valence electrons. The van der Waals surface area contributed by atoms with Gasteiger partial charge in [-0.05, 0) is 36.8 Å². The van der Waals surface area contributed by atoms with Crippen molar-refractivity contribution >= 4 is 17.8 Å². The van der Waals surface area contributed by atoms with Crippen LogP contribution in [-0.2, 0) is 21.0 Å². The standard InChI is InChI=1S/C21H28F3N3O5/c1-13-10-25(11-14(2)26(13)18(29)20(3,4)5)12-15-6-8-16(9-7-15)17(28)27(31)32-19(30)21(22,23)24/h6-9,13-14,31H,10-12H2,1-5H3/t13-,14+. The van der Waals surface area contributed by atoms with E-state index >= 15 is 0 Å². The number of carbonyl (C=O) groups excluding carboxylic acids is 3. The van der Waals surface area contributed by atoms with Crippen LogP contribution in [0.5, 0.6) is 0 Å². The molecule has 1 aromatic carbocycles. The quantitative estimate of drug-likeness (QED) is 0.552. The van der Waals surface area contributed by atoms with Gasteiger partial charge in [0.1, 0.15) is 0 Å². The summed E-state index contributed by atoms with van der Waals surface area (Å²) in [5.41, 5.74) is 0.198. The molecule has 0 spiro atoms. The largest absolute Gasteiger partial charge is 0.493 e. The second-order valence-corrected chi connectivity index (χ2v) is 9.01. The molecule has 2 atom stereocenters. The lowest BCUT2D eigenvalue weighted by molar-refractivity contribution is -0.301. The smallest absolute Gasteiger partial charge is 0.334 e. The number of hydrogen-bond acceptors (Lipinski definition) is 6. The van der Waals surface area contributed by atoms with E-state index in [-0.39, 0.29) is 23.6 Å². The summed E-state index contributed by atoms with van der Waals surface area (Å²) >= 11 is 0. The summed E-state index contributed by atoms with van der Waals surface area (Å²) in [6.07, 6.45) is -5.35. The van der Waals surface area contributed by atoms with Crippen molar-refractivity contribution in [1.82, 2.24) is 15.0 Å². The number of benzene rings is 1. The Balaban J connectivity index is 1.99. The van der Waals surface area contributed by atoms with E-state index < -0.39 is 28.7 Å². The molecule has 1 heterocycles. The van der Waals surface area contributed by atoms with Crippen LogP contribution in [0, 0.1) is 5.41 Å². The molecule has 0 bridgehead atoms. The molecule has 1 aliphatic heterocycles. The fourth-order valence-corrected chi connectivity index (χ4v) is 3.64. The highest BCUT2D eigenvalue weighted by molar-refractivity contribution is 5.93. The van der Waals surface area contributed by atoms with Crippen LogP contribution in [0.3, 0.4) is 0 Å². The molecule has 11 heteroatoms. The van der Waals surface area contributed by atoms with Crippen molar-refractivity contribution in [2.24, 2.45) is 5.41 Å². The topological polar surface area (TPSA) is 90.4 Å². The molecule has 1 saturated heterocycles. The zero-order chi connectivity index (χ0) is 24.4. The van der Waals surface area contributed by atoms with Crippen molar-refractivity contribution in [1.29, 1.82) is 0 Å². The molecular weight excluding hydrogens is 431 g/mol. The molecule has 1 aromatic rings. The molecule has 0 unspecified atom stereocenters. The Bertz CT molecular complexity index is 840. The Kier molecular flexibility index (Phi) is 7.56. The number of hydrogen-bond donors (Lipinski definition) is 1. The first kappa shape index (κ1) is 25.6. The maximum absolute atomic E-state index is 12.7. The third kappa shape index (κ3) is 6.19. The van der Waals surface area contributed by atoms with Crippen LogP contribution in [0.25, 0.3) is 0 Å². The summed E-state index contributed by atoms with van der Waals surface area (Å²) < 4.78 is 36.5. The van der Waals surface area contributed by atoms with Crippen LogP contribution >= 0.6 is 0 Å². The van der Waals surface area contributed by atoms with E-state index in [0.717, 1.165) is 5.56 Å². The summed E-state index contributed by atoms with van der Waals surface area (Å²) in [5, 5.41) is 8.58. The first-order valence-electron chi connectivity index (χ1n) is 10.1. The molecular formula is C21H28F3N3O5. The maximum Gasteiger partial charge on any atom is 0.493 e. The molecule has 1 N–H and O–H groups in total. The van der Waals surface area contributed by atoms with Gasteiger partial charge in [0, 0.05) is 42.7 Å². The summed E-state index contributed by atoms with van der Waals surface area (Å²) in [4.78, 5) is 43.1. The third-order valence-corrected chi connectivity index (χ3v) is 5.05. The predicted molar refractivity (Wildman–Crippen MR) is 107 cm³/mol. The van der Waals surface area contributed by atoms with Crippen LogP contribution in [0.2, 0.25) is 0 Å². The summed E-state index contributed by atoms with van der Waals surface area (Å²) in [7, 11) is 0. The average Bonchev–Trinajstić information content (AvgIpc) is 2.65. The summed E-state index contributed by atoms with van der Waals surface area (Å²) in [6, 6.07) is 5.84. The lowest BCUT2D eigenvalue weighted by Gasteiger charge is -2.46. The summed E-state index contributed by atoms with van der Waals surface area (Å²) in [5.74, 6) is -3.93. The average molecular weight is 459 g/mol. The van der Waals surface area contributed by atoms with Gasteiger partial charge in [-0.1, -0.05) is 32.9 Å². The van der Waals surface area contributed by atoms with Gasteiger partial charge in [0.05, 0.1) is 0 Å². The zero-order valence-corrected chi connectivity index (χ0v) is 18.6. The van der Waals surface area contributed by atoms with Gasteiger partial charge in [0.25, 0.3) is 0 Å². The number of carbonyl (C=O) groups is 3. The van der Waals surface area contributed by atoms with E-state index in [4.69, 9.17) is 0 Å². The van der Waals surface area contributed by atoms with Gasteiger partial charge in [-0.25, -0.2) is 4.79 Å². The molecule has 0 aromatic heterocycles. The number of hydroxylamine groups is 2. The minimum absolute atomic E-state index is 0.0117. The fraction of sp³-hybridized carbons (Fsp3) is 0.571. The van der Waals surface area contributed by atoms with Crippen molar-refractivity contribution in [2.75, 3.05) is 13.1 Å². The lowest BCUT2D eigenvalue weighted by atomic mass is 9.92. The number of halogens is 3. The van der Waals surface area contributed by atoms with Crippen LogP contribution in [0.15, 0.2) is 24.3 Å². The fourth-order valence-electron chi connectivity index (χ4n) is 3.64. The predicted octanol–water partition coefficient (Wildman–Crippen LogP) is 3.01. The van der Waals surface area contributed by atoms with E-state index in [1.54, 1.807) is 12.1 Å². The van der Waals surface area contributed by atoms with Gasteiger partial charge >= 0.3 is 18.1 Å². The van der Waals surface area contributed by atoms with Gasteiger partial charge in [-0.2, -0.15) is 13.2 Å². The van der Waals surface area contributed by atoms with Crippen LogP contribution in [0.1, 0.15) is 50.5 Å². The van der Waals surface area contributed by atoms with Crippen LogP contribution in [0.4, 0.5) is 13.2 Å². The second-order valence-electron chi connectivity index (χ2n) is 9.01. The van der Waals surface area contributed by atoms with Crippen molar-refractivity contribution in [3.63, 3.8) is 0 Å². The molecule has 32 heavy (non-hydrogen) atoms. The lowest BCUT2D eigenvalue weighted by Crippen LogP contribution is -2.60. The van der Waals surface area contributed by atoms with Crippen LogP contribution < -0.4 is 0 Å². The minimum Gasteiger partial charge on any atom is -0.334 e. The van der Waals surface area contributed by atoms with Gasteiger partial charge in [-0.3, -0.25) is 19.7 Å². The second kappa shape index (κ2) is 9.45. The SMILES string of the molecule is C[C@@H]1CN(Cc2ccc(C(=O)N(O)OC(=O)C(F)(F)F)cc2)C[C@H](C)N1C(=O)C(C)(C)C. The number of piperazine rings is 1. The highest BCUT2D eigenvalue weighted by Gasteiger charge is 2.43. The third-order valence-electron chi connectivity index (χ3n) is 5.05. The van der Waals surface area contributed by atoms with Crippen molar-refractivity contribution < 1.29 is 37.6 Å². The highest BCUT2D eigenvalue weighted by atomic mass is 19.4. The number of nitrogens with zero attached hydrogens (tertiary/aromatic N) is 3. The summed E-state index contributed by atoms with van der Waals surface area (Å²) in [6.45, 7) is 11.5. The van der Waals surface area contributed by atoms with Gasteiger partial charge < -0.3 is 9.74 Å². The number of amides is 2.